The minimum absolute atomic E-state index is 0.329. The average Bonchev–Trinajstić information content (AvgIpc) is 2.74. The number of halogens is 6. The first kappa shape index (κ1) is 25.0. The highest BCUT2D eigenvalue weighted by Gasteiger charge is 2.36. The first-order chi connectivity index (χ1) is 15.3. The van der Waals surface area contributed by atoms with Crippen molar-refractivity contribution >= 4 is 15.7 Å². The number of alkyl halides is 6. The van der Waals surface area contributed by atoms with E-state index in [2.05, 4.69) is 10.3 Å². The van der Waals surface area contributed by atoms with Crippen molar-refractivity contribution < 1.29 is 39.6 Å². The van der Waals surface area contributed by atoms with Crippen LogP contribution in [0.1, 0.15) is 47.2 Å². The Balaban J connectivity index is 1.60. The van der Waals surface area contributed by atoms with Gasteiger partial charge in [0.2, 0.25) is 0 Å². The van der Waals surface area contributed by atoms with Gasteiger partial charge in [-0.3, -0.25) is 9.78 Å². The Bertz CT molecular complexity index is 1110. The third-order valence-corrected chi connectivity index (χ3v) is 7.41. The number of nitrogens with zero attached hydrogens (tertiary/aromatic N) is 1. The van der Waals surface area contributed by atoms with Gasteiger partial charge in [0.05, 0.1) is 27.3 Å². The van der Waals surface area contributed by atoms with Gasteiger partial charge in [0.15, 0.2) is 9.84 Å². The number of carbonyl (C=O) groups is 1. The normalized spacial score (nSPS) is 19.8. The van der Waals surface area contributed by atoms with Crippen LogP contribution in [0.3, 0.4) is 0 Å². The number of nitrogens with one attached hydrogen (secondary N) is 1. The lowest BCUT2D eigenvalue weighted by Crippen LogP contribution is -2.39. The summed E-state index contributed by atoms with van der Waals surface area (Å²) in [5.74, 6) is -1.62. The summed E-state index contributed by atoms with van der Waals surface area (Å²) in [6.07, 6.45) is -6.24. The maximum Gasteiger partial charge on any atom is 0.417 e. The number of amides is 1. The molecule has 33 heavy (non-hydrogen) atoms. The molecule has 5 nitrogen and oxygen atoms in total. The second-order valence-electron chi connectivity index (χ2n) is 7.92. The Morgan fingerprint density at radius 2 is 1.67 bits per heavy atom. The molecule has 0 saturated heterocycles. The predicted molar refractivity (Wildman–Crippen MR) is 106 cm³/mol. The van der Waals surface area contributed by atoms with Gasteiger partial charge >= 0.3 is 12.4 Å². The molecule has 1 aliphatic carbocycles. The van der Waals surface area contributed by atoms with Crippen molar-refractivity contribution in [2.75, 3.05) is 5.75 Å². The first-order valence-corrected chi connectivity index (χ1v) is 11.6. The van der Waals surface area contributed by atoms with Gasteiger partial charge in [-0.2, -0.15) is 26.3 Å². The highest BCUT2D eigenvalue weighted by molar-refractivity contribution is 7.91. The molecular weight excluding hydrogens is 474 g/mol. The maximum absolute atomic E-state index is 13.1. The minimum Gasteiger partial charge on any atom is -0.349 e. The number of hydrogen-bond donors (Lipinski definition) is 1. The zero-order valence-corrected chi connectivity index (χ0v) is 17.9. The largest absolute Gasteiger partial charge is 0.417 e. The van der Waals surface area contributed by atoms with Crippen molar-refractivity contribution in [1.82, 2.24) is 10.3 Å². The molecule has 1 saturated carbocycles. The van der Waals surface area contributed by atoms with Gasteiger partial charge in [-0.1, -0.05) is 6.07 Å². The molecule has 1 fully saturated rings. The van der Waals surface area contributed by atoms with E-state index in [0.29, 0.717) is 37.8 Å². The van der Waals surface area contributed by atoms with Crippen molar-refractivity contribution in [3.63, 3.8) is 0 Å². The molecule has 0 radical (unpaired) electrons. The van der Waals surface area contributed by atoms with Gasteiger partial charge < -0.3 is 5.32 Å². The Morgan fingerprint density at radius 3 is 2.27 bits per heavy atom. The number of rotatable bonds is 5. The Hall–Kier alpha value is -2.63. The second-order valence-corrected chi connectivity index (χ2v) is 9.95. The predicted octanol–water partition coefficient (Wildman–Crippen LogP) is 4.88. The topological polar surface area (TPSA) is 76.1 Å². The highest BCUT2D eigenvalue weighted by atomic mass is 32.2. The van der Waals surface area contributed by atoms with E-state index in [-0.39, 0.29) is 11.7 Å². The van der Waals surface area contributed by atoms with Gasteiger partial charge in [-0.25, -0.2) is 8.42 Å². The van der Waals surface area contributed by atoms with E-state index >= 15 is 0 Å². The van der Waals surface area contributed by atoms with Crippen LogP contribution in [0.25, 0.3) is 0 Å². The summed E-state index contributed by atoms with van der Waals surface area (Å²) in [6.45, 7) is 0. The molecule has 1 amide bonds. The van der Waals surface area contributed by atoms with E-state index in [9.17, 15) is 39.6 Å². The zero-order valence-electron chi connectivity index (χ0n) is 17.1. The van der Waals surface area contributed by atoms with Gasteiger partial charge in [0.25, 0.3) is 5.91 Å². The Kier molecular flexibility index (Phi) is 7.06. The summed E-state index contributed by atoms with van der Waals surface area (Å²) < 4.78 is 103. The van der Waals surface area contributed by atoms with Crippen molar-refractivity contribution in [3.05, 3.63) is 59.4 Å². The zero-order chi connectivity index (χ0) is 24.4. The minimum atomic E-state index is -4.72. The molecule has 180 valence electrons. The lowest BCUT2D eigenvalue weighted by molar-refractivity contribution is -0.138. The van der Waals surface area contributed by atoms with Crippen LogP contribution in [0.15, 0.2) is 47.6 Å². The Morgan fingerprint density at radius 1 is 1.00 bits per heavy atom. The van der Waals surface area contributed by atoms with Crippen LogP contribution in [0.2, 0.25) is 0 Å². The first-order valence-electron chi connectivity index (χ1n) is 9.99. The van der Waals surface area contributed by atoms with Crippen LogP contribution in [-0.2, 0) is 22.2 Å². The smallest absolute Gasteiger partial charge is 0.349 e. The lowest BCUT2D eigenvalue weighted by Gasteiger charge is -2.29. The van der Waals surface area contributed by atoms with Gasteiger partial charge in [-0.05, 0) is 55.9 Å². The molecular formula is C21H20F6N2O3S. The molecule has 0 atom stereocenters. The van der Waals surface area contributed by atoms with E-state index in [4.69, 9.17) is 0 Å². The summed E-state index contributed by atoms with van der Waals surface area (Å²) in [7, 11) is -3.97. The summed E-state index contributed by atoms with van der Waals surface area (Å²) in [5, 5.41) is 2.53. The number of pyridine rings is 1. The van der Waals surface area contributed by atoms with Crippen LogP contribution >= 0.6 is 0 Å². The van der Waals surface area contributed by atoms with Crippen LogP contribution < -0.4 is 5.32 Å². The standard InChI is InChI=1S/C21H20F6N2O3S/c22-20(23,24)14-2-1-3-16(10-14)33(31,32)12-13-4-6-15(7-5-13)29-19(30)17-11-28-9-8-18(17)21(25,26)27/h1-3,8-11,13,15H,4-7,12H2,(H,29,30). The Labute approximate surface area is 186 Å². The highest BCUT2D eigenvalue weighted by Crippen LogP contribution is 2.33. The fraction of sp³-hybridized carbons (Fsp3) is 0.429. The third-order valence-electron chi connectivity index (χ3n) is 5.53. The molecule has 1 aliphatic rings. The van der Waals surface area contributed by atoms with Crippen molar-refractivity contribution in [2.45, 2.75) is 49.0 Å². The maximum atomic E-state index is 13.1. The molecule has 1 aromatic heterocycles. The lowest BCUT2D eigenvalue weighted by atomic mass is 9.87. The summed E-state index contributed by atoms with van der Waals surface area (Å²) >= 11 is 0. The van der Waals surface area contributed by atoms with E-state index < -0.39 is 55.7 Å². The van der Waals surface area contributed by atoms with Crippen molar-refractivity contribution in [3.8, 4) is 0 Å². The fourth-order valence-corrected chi connectivity index (χ4v) is 5.57. The SMILES string of the molecule is O=C(NC1CCC(CS(=O)(=O)c2cccc(C(F)(F)F)c2)CC1)c1cnccc1C(F)(F)F. The van der Waals surface area contributed by atoms with E-state index in [1.807, 2.05) is 0 Å². The van der Waals surface area contributed by atoms with Gasteiger partial charge in [-0.15, -0.1) is 0 Å². The summed E-state index contributed by atoms with van der Waals surface area (Å²) in [6, 6.07) is 3.81. The molecule has 0 bridgehead atoms. The number of sulfone groups is 1. The van der Waals surface area contributed by atoms with E-state index in [1.54, 1.807) is 0 Å². The monoisotopic (exact) mass is 494 g/mol. The second kappa shape index (κ2) is 9.32. The van der Waals surface area contributed by atoms with Crippen LogP contribution in [0.4, 0.5) is 26.3 Å². The molecule has 2 aromatic rings. The van der Waals surface area contributed by atoms with Crippen molar-refractivity contribution in [2.24, 2.45) is 5.92 Å². The van der Waals surface area contributed by atoms with Gasteiger partial charge in [0.1, 0.15) is 0 Å². The number of benzene rings is 1. The number of hydrogen-bond acceptors (Lipinski definition) is 4. The number of aromatic nitrogens is 1. The average molecular weight is 494 g/mol. The molecule has 1 N–H and O–H groups in total. The molecule has 3 rings (SSSR count). The molecule has 1 aromatic carbocycles. The van der Waals surface area contributed by atoms with E-state index in [1.165, 1.54) is 0 Å². The van der Waals surface area contributed by atoms with Crippen LogP contribution in [0, 0.1) is 5.92 Å². The third kappa shape index (κ3) is 6.24. The quantitative estimate of drug-likeness (QED) is 0.601. The van der Waals surface area contributed by atoms with E-state index in [0.717, 1.165) is 30.6 Å². The van der Waals surface area contributed by atoms with Crippen LogP contribution in [-0.4, -0.2) is 31.1 Å². The summed E-state index contributed by atoms with van der Waals surface area (Å²) in [4.78, 5) is 15.5. The molecule has 12 heteroatoms. The summed E-state index contributed by atoms with van der Waals surface area (Å²) in [5.41, 5.74) is -2.75. The van der Waals surface area contributed by atoms with Crippen molar-refractivity contribution in [1.29, 1.82) is 0 Å². The molecule has 0 aliphatic heterocycles. The molecule has 0 spiro atoms. The molecule has 1 heterocycles. The molecule has 0 unspecified atom stereocenters. The number of carbonyl (C=O) groups excluding carboxylic acids is 1. The van der Waals surface area contributed by atoms with Gasteiger partial charge in [0, 0.05) is 18.4 Å². The fourth-order valence-electron chi connectivity index (χ4n) is 3.83. The van der Waals surface area contributed by atoms with Crippen LogP contribution in [0.5, 0.6) is 0 Å².